The van der Waals surface area contributed by atoms with Gasteiger partial charge in [-0.3, -0.25) is 0 Å². The van der Waals surface area contributed by atoms with Crippen LogP contribution in [-0.4, -0.2) is 4.57 Å². The second-order valence-corrected chi connectivity index (χ2v) is 18.1. The lowest BCUT2D eigenvalue weighted by atomic mass is 9.78. The van der Waals surface area contributed by atoms with Crippen molar-refractivity contribution in [2.24, 2.45) is 0 Å². The Bertz CT molecular complexity index is 2090. The summed E-state index contributed by atoms with van der Waals surface area (Å²) in [6, 6.07) is 37.2. The van der Waals surface area contributed by atoms with E-state index in [1.54, 1.807) is 0 Å². The van der Waals surface area contributed by atoms with Crippen LogP contribution in [-0.2, 0) is 21.7 Å². The minimum absolute atomic E-state index is 0.0367. The van der Waals surface area contributed by atoms with E-state index < -0.39 is 0 Å². The van der Waals surface area contributed by atoms with E-state index in [9.17, 15) is 0 Å². The van der Waals surface area contributed by atoms with Gasteiger partial charge in [-0.15, -0.1) is 0 Å². The molecule has 248 valence electrons. The molecule has 0 spiro atoms. The smallest absolute Gasteiger partial charge is 0.0619 e. The zero-order valence-electron chi connectivity index (χ0n) is 31.7. The molecule has 1 heteroatoms. The van der Waals surface area contributed by atoms with Gasteiger partial charge in [0.1, 0.15) is 0 Å². The lowest BCUT2D eigenvalue weighted by molar-refractivity contribution is 0.568. The molecule has 48 heavy (non-hydrogen) atoms. The van der Waals surface area contributed by atoms with Crippen molar-refractivity contribution in [3.8, 4) is 27.9 Å². The summed E-state index contributed by atoms with van der Waals surface area (Å²) in [4.78, 5) is 0. The van der Waals surface area contributed by atoms with E-state index >= 15 is 0 Å². The van der Waals surface area contributed by atoms with Gasteiger partial charge < -0.3 is 4.57 Å². The average molecular weight is 634 g/mol. The summed E-state index contributed by atoms with van der Waals surface area (Å²) < 4.78 is 2.54. The van der Waals surface area contributed by atoms with Crippen molar-refractivity contribution in [3.05, 3.63) is 125 Å². The zero-order chi connectivity index (χ0) is 35.0. The van der Waals surface area contributed by atoms with Crippen molar-refractivity contribution >= 4 is 21.8 Å². The third-order valence-electron chi connectivity index (χ3n) is 10.2. The number of nitrogens with zero attached hydrogens (tertiary/aromatic N) is 1. The highest BCUT2D eigenvalue weighted by Gasteiger charge is 2.25. The van der Waals surface area contributed by atoms with Crippen LogP contribution in [0.2, 0.25) is 0 Å². The van der Waals surface area contributed by atoms with Gasteiger partial charge in [0, 0.05) is 22.0 Å². The number of hydrogen-bond donors (Lipinski definition) is 0. The standard InChI is InChI=1S/C47H55N/c1-30-37(31-24-33(44(2,3)4)28-34(25-31)45(5,6)7)19-17-23-41(30)48-42-22-15-14-18-39(42)40-21-16-20-38(43(40)48)32-26-35(46(8,9)10)29-36(27-32)47(11,12)13/h14-29H,1-13H3. The summed E-state index contributed by atoms with van der Waals surface area (Å²) in [6.45, 7) is 30.2. The van der Waals surface area contributed by atoms with Gasteiger partial charge in [-0.2, -0.15) is 0 Å². The maximum absolute atomic E-state index is 2.54. The van der Waals surface area contributed by atoms with Crippen LogP contribution in [0, 0.1) is 6.92 Å². The first kappa shape index (κ1) is 33.8. The third-order valence-corrected chi connectivity index (χ3v) is 10.2. The van der Waals surface area contributed by atoms with Gasteiger partial charge in [-0.1, -0.05) is 168 Å². The zero-order valence-corrected chi connectivity index (χ0v) is 31.7. The van der Waals surface area contributed by atoms with Crippen LogP contribution in [0.5, 0.6) is 0 Å². The molecule has 0 amide bonds. The van der Waals surface area contributed by atoms with Crippen LogP contribution >= 0.6 is 0 Å². The molecule has 0 unspecified atom stereocenters. The fraction of sp³-hybridized carbons (Fsp3) is 0.362. The predicted molar refractivity (Wildman–Crippen MR) is 211 cm³/mol. The molecule has 6 aromatic rings. The number of hydrogen-bond acceptors (Lipinski definition) is 0. The van der Waals surface area contributed by atoms with E-state index in [0.717, 1.165) is 0 Å². The van der Waals surface area contributed by atoms with Crippen molar-refractivity contribution in [3.63, 3.8) is 0 Å². The van der Waals surface area contributed by atoms with Crippen molar-refractivity contribution in [1.29, 1.82) is 0 Å². The highest BCUT2D eigenvalue weighted by atomic mass is 15.0. The fourth-order valence-electron chi connectivity index (χ4n) is 6.98. The topological polar surface area (TPSA) is 4.93 Å². The van der Waals surface area contributed by atoms with Gasteiger partial charge in [0.25, 0.3) is 0 Å². The van der Waals surface area contributed by atoms with Gasteiger partial charge >= 0.3 is 0 Å². The molecule has 0 fully saturated rings. The Kier molecular flexibility index (Phi) is 8.10. The van der Waals surface area contributed by atoms with E-state index in [0.29, 0.717) is 0 Å². The van der Waals surface area contributed by atoms with Gasteiger partial charge in [0.05, 0.1) is 11.0 Å². The van der Waals surface area contributed by atoms with Gasteiger partial charge in [0.15, 0.2) is 0 Å². The minimum Gasteiger partial charge on any atom is -0.308 e. The Morgan fingerprint density at radius 1 is 0.417 bits per heavy atom. The number of para-hydroxylation sites is 2. The largest absolute Gasteiger partial charge is 0.308 e. The van der Waals surface area contributed by atoms with Crippen molar-refractivity contribution in [2.75, 3.05) is 0 Å². The van der Waals surface area contributed by atoms with E-state index in [2.05, 4.69) is 192 Å². The summed E-state index contributed by atoms with van der Waals surface area (Å²) in [7, 11) is 0. The summed E-state index contributed by atoms with van der Waals surface area (Å²) >= 11 is 0. The molecule has 0 N–H and O–H groups in total. The van der Waals surface area contributed by atoms with Gasteiger partial charge in [0.2, 0.25) is 0 Å². The van der Waals surface area contributed by atoms with Crippen molar-refractivity contribution < 1.29 is 0 Å². The molecule has 0 saturated heterocycles. The summed E-state index contributed by atoms with van der Waals surface area (Å²) in [5.41, 5.74) is 15.8. The van der Waals surface area contributed by atoms with Gasteiger partial charge in [-0.05, 0) is 85.2 Å². The van der Waals surface area contributed by atoms with Crippen LogP contribution in [0.1, 0.15) is 111 Å². The molecule has 1 aromatic heterocycles. The monoisotopic (exact) mass is 633 g/mol. The van der Waals surface area contributed by atoms with Crippen LogP contribution in [0.25, 0.3) is 49.7 Å². The third kappa shape index (κ3) is 6.13. The first-order valence-corrected chi connectivity index (χ1v) is 17.7. The SMILES string of the molecule is Cc1c(-c2cc(C(C)(C)C)cc(C(C)(C)C)c2)cccc1-n1c2ccccc2c2cccc(-c3cc(C(C)(C)C)cc(C(C)(C)C)c3)c21. The summed E-state index contributed by atoms with van der Waals surface area (Å²) in [5, 5.41) is 2.57. The van der Waals surface area contributed by atoms with Crippen LogP contribution in [0.3, 0.4) is 0 Å². The molecule has 0 atom stereocenters. The van der Waals surface area contributed by atoms with Crippen LogP contribution in [0.4, 0.5) is 0 Å². The minimum atomic E-state index is 0.0367. The lowest BCUT2D eigenvalue weighted by Crippen LogP contribution is -2.16. The Morgan fingerprint density at radius 3 is 1.33 bits per heavy atom. The number of benzene rings is 5. The van der Waals surface area contributed by atoms with Gasteiger partial charge in [-0.25, -0.2) is 0 Å². The highest BCUT2D eigenvalue weighted by molar-refractivity contribution is 6.14. The lowest BCUT2D eigenvalue weighted by Gasteiger charge is -2.27. The van der Waals surface area contributed by atoms with E-state index in [-0.39, 0.29) is 21.7 Å². The normalized spacial score (nSPS) is 13.1. The predicted octanol–water partition coefficient (Wildman–Crippen LogP) is 13.6. The molecule has 0 saturated carbocycles. The van der Waals surface area contributed by atoms with Crippen LogP contribution < -0.4 is 0 Å². The molecule has 1 heterocycles. The second kappa shape index (κ2) is 11.5. The first-order valence-electron chi connectivity index (χ1n) is 17.7. The average Bonchev–Trinajstić information content (AvgIpc) is 3.33. The molecule has 5 aromatic carbocycles. The van der Waals surface area contributed by atoms with Crippen molar-refractivity contribution in [2.45, 2.75) is 112 Å². The molecule has 0 aliphatic rings. The number of rotatable bonds is 3. The Hall–Kier alpha value is -4.10. The quantitative estimate of drug-likeness (QED) is 0.183. The van der Waals surface area contributed by atoms with E-state index in [4.69, 9.17) is 0 Å². The fourth-order valence-corrected chi connectivity index (χ4v) is 6.98. The van der Waals surface area contributed by atoms with E-state index in [1.807, 2.05) is 0 Å². The number of aromatic nitrogens is 1. The maximum atomic E-state index is 2.54. The summed E-state index contributed by atoms with van der Waals surface area (Å²) in [5.74, 6) is 0. The Labute approximate surface area is 290 Å². The molecular weight excluding hydrogens is 579 g/mol. The van der Waals surface area contributed by atoms with Crippen LogP contribution in [0.15, 0.2) is 97.1 Å². The summed E-state index contributed by atoms with van der Waals surface area (Å²) in [6.07, 6.45) is 0. The molecule has 0 bridgehead atoms. The highest BCUT2D eigenvalue weighted by Crippen LogP contribution is 2.43. The Balaban J connectivity index is 1.69. The van der Waals surface area contributed by atoms with E-state index in [1.165, 1.54) is 77.6 Å². The Morgan fingerprint density at radius 2 is 0.833 bits per heavy atom. The first-order chi connectivity index (χ1) is 22.2. The number of fused-ring (bicyclic) bond motifs is 3. The maximum Gasteiger partial charge on any atom is 0.0619 e. The molecule has 0 aliphatic heterocycles. The molecule has 1 nitrogen and oxygen atoms in total. The molecule has 0 radical (unpaired) electrons. The molecular formula is C47H55N. The molecule has 6 rings (SSSR count). The second-order valence-electron chi connectivity index (χ2n) is 18.1. The molecule has 0 aliphatic carbocycles. The van der Waals surface area contributed by atoms with Crippen molar-refractivity contribution in [1.82, 2.24) is 4.57 Å².